The molecule has 0 bridgehead atoms. The fourth-order valence-electron chi connectivity index (χ4n) is 2.85. The maximum Gasteiger partial charge on any atom is 0.318 e. The number of hydrogen-bond donors (Lipinski definition) is 2. The van der Waals surface area contributed by atoms with Gasteiger partial charge in [-0.1, -0.05) is 31.0 Å². The fourth-order valence-corrected chi connectivity index (χ4v) is 2.85. The van der Waals surface area contributed by atoms with Gasteiger partial charge in [-0.15, -0.1) is 0 Å². The number of ether oxygens (including phenoxy) is 1. The number of rotatable bonds is 4. The summed E-state index contributed by atoms with van der Waals surface area (Å²) in [5, 5.41) is 1.80. The lowest BCUT2D eigenvalue weighted by Gasteiger charge is -2.27. The number of primary amides is 1. The fraction of sp³-hybridized carbons (Fsp3) is 0.400. The van der Waals surface area contributed by atoms with Crippen LogP contribution in [0.3, 0.4) is 0 Å². The van der Waals surface area contributed by atoms with E-state index in [1.807, 2.05) is 0 Å². The van der Waals surface area contributed by atoms with Crippen LogP contribution >= 0.6 is 0 Å². The zero-order chi connectivity index (χ0) is 16.2. The zero-order valence-electron chi connectivity index (χ0n) is 11.9. The monoisotopic (exact) mass is 308 g/mol. The molecule has 3 N–H and O–H groups in total. The molecule has 22 heavy (non-hydrogen) atoms. The van der Waals surface area contributed by atoms with Gasteiger partial charge >= 0.3 is 12.0 Å². The number of amides is 3. The Kier molecular flexibility index (Phi) is 4.75. The number of nitrogens with two attached hydrogens (primary N) is 1. The number of carbonyl (C=O) groups excluding carboxylic acids is 3. The molecular weight excluding hydrogens is 291 g/mol. The molecule has 6 nitrogen and oxygen atoms in total. The minimum atomic E-state index is -1.07. The van der Waals surface area contributed by atoms with Crippen molar-refractivity contribution < 1.29 is 23.5 Å². The third-order valence-corrected chi connectivity index (χ3v) is 3.83. The van der Waals surface area contributed by atoms with Crippen LogP contribution in [0, 0.1) is 5.82 Å². The number of nitrogens with one attached hydrogen (secondary N) is 1. The molecule has 1 aromatic rings. The van der Waals surface area contributed by atoms with Crippen LogP contribution in [0.2, 0.25) is 0 Å². The van der Waals surface area contributed by atoms with Crippen molar-refractivity contribution in [1.82, 2.24) is 5.32 Å². The maximum absolute atomic E-state index is 14.1. The first-order chi connectivity index (χ1) is 10.5. The second-order valence-electron chi connectivity index (χ2n) is 5.26. The van der Waals surface area contributed by atoms with Gasteiger partial charge in [-0.25, -0.2) is 9.18 Å². The second kappa shape index (κ2) is 6.55. The van der Waals surface area contributed by atoms with E-state index in [-0.39, 0.29) is 5.56 Å². The molecule has 1 aromatic carbocycles. The summed E-state index contributed by atoms with van der Waals surface area (Å²) in [6, 6.07) is 5.04. The van der Waals surface area contributed by atoms with E-state index in [4.69, 9.17) is 10.5 Å². The van der Waals surface area contributed by atoms with Gasteiger partial charge in [0.1, 0.15) is 5.82 Å². The van der Waals surface area contributed by atoms with E-state index in [1.165, 1.54) is 6.07 Å². The highest BCUT2D eigenvalue weighted by Crippen LogP contribution is 2.43. The third-order valence-electron chi connectivity index (χ3n) is 3.83. The Balaban J connectivity index is 2.15. The van der Waals surface area contributed by atoms with Gasteiger partial charge < -0.3 is 10.5 Å². The zero-order valence-corrected chi connectivity index (χ0v) is 11.9. The average molecular weight is 308 g/mol. The Morgan fingerprint density at radius 2 is 1.86 bits per heavy atom. The lowest BCUT2D eigenvalue weighted by atomic mass is 9.78. The number of benzene rings is 1. The van der Waals surface area contributed by atoms with Crippen molar-refractivity contribution in [2.24, 2.45) is 5.73 Å². The summed E-state index contributed by atoms with van der Waals surface area (Å²) in [6.45, 7) is -0.627. The van der Waals surface area contributed by atoms with Gasteiger partial charge in [0.25, 0.3) is 5.91 Å². The topological polar surface area (TPSA) is 98.5 Å². The molecule has 1 fully saturated rings. The van der Waals surface area contributed by atoms with E-state index in [2.05, 4.69) is 0 Å². The number of carbonyl (C=O) groups is 3. The van der Waals surface area contributed by atoms with E-state index in [9.17, 15) is 18.8 Å². The summed E-state index contributed by atoms with van der Waals surface area (Å²) in [5.74, 6) is -1.94. The highest BCUT2D eigenvalue weighted by atomic mass is 19.1. The molecule has 118 valence electrons. The van der Waals surface area contributed by atoms with Crippen molar-refractivity contribution in [1.29, 1.82) is 0 Å². The Labute approximate surface area is 126 Å². The Hall–Kier alpha value is -2.44. The molecule has 0 atom stereocenters. The number of hydrogen-bond acceptors (Lipinski definition) is 4. The minimum absolute atomic E-state index is 0.285. The minimum Gasteiger partial charge on any atom is -0.455 e. The highest BCUT2D eigenvalue weighted by molar-refractivity contribution is 5.95. The first-order valence-corrected chi connectivity index (χ1v) is 6.97. The first kappa shape index (κ1) is 15.9. The van der Waals surface area contributed by atoms with Gasteiger partial charge in [-0.05, 0) is 18.9 Å². The Morgan fingerprint density at radius 1 is 1.23 bits per heavy atom. The molecular formula is C15H17FN2O4. The van der Waals surface area contributed by atoms with Crippen LogP contribution in [0.15, 0.2) is 24.3 Å². The maximum atomic E-state index is 14.1. The van der Waals surface area contributed by atoms with Crippen LogP contribution in [0.4, 0.5) is 9.18 Å². The van der Waals surface area contributed by atoms with Crippen LogP contribution < -0.4 is 11.1 Å². The van der Waals surface area contributed by atoms with E-state index in [0.717, 1.165) is 12.8 Å². The normalized spacial score (nSPS) is 16.0. The van der Waals surface area contributed by atoms with E-state index < -0.39 is 35.7 Å². The second-order valence-corrected chi connectivity index (χ2v) is 5.26. The molecule has 3 amide bonds. The van der Waals surface area contributed by atoms with Crippen molar-refractivity contribution in [2.45, 2.75) is 31.1 Å². The van der Waals surface area contributed by atoms with Gasteiger partial charge in [-0.2, -0.15) is 0 Å². The van der Waals surface area contributed by atoms with Crippen molar-refractivity contribution in [3.63, 3.8) is 0 Å². The van der Waals surface area contributed by atoms with Crippen LogP contribution in [0.5, 0.6) is 0 Å². The molecule has 0 aromatic heterocycles. The highest BCUT2D eigenvalue weighted by Gasteiger charge is 2.45. The Bertz CT molecular complexity index is 597. The smallest absolute Gasteiger partial charge is 0.318 e. The predicted octanol–water partition coefficient (Wildman–Crippen LogP) is 1.38. The molecule has 0 spiro atoms. The standard InChI is InChI=1S/C15H17FN2O4/c16-11-6-2-1-5-10(11)15(7-3-4-8-15)13(20)22-9-12(19)18-14(17)21/h1-2,5-6H,3-4,7-9H2,(H3,17,18,19,21). The van der Waals surface area contributed by atoms with Gasteiger partial charge in [0, 0.05) is 5.56 Å². The average Bonchev–Trinajstić information content (AvgIpc) is 2.95. The SMILES string of the molecule is NC(=O)NC(=O)COC(=O)C1(c2ccccc2F)CCCC1. The number of esters is 1. The van der Waals surface area contributed by atoms with E-state index >= 15 is 0 Å². The van der Waals surface area contributed by atoms with Gasteiger partial charge in [0.05, 0.1) is 5.41 Å². The number of imide groups is 1. The predicted molar refractivity (Wildman–Crippen MR) is 75.2 cm³/mol. The van der Waals surface area contributed by atoms with Crippen molar-refractivity contribution in [3.8, 4) is 0 Å². The van der Waals surface area contributed by atoms with E-state index in [1.54, 1.807) is 23.5 Å². The summed E-state index contributed by atoms with van der Waals surface area (Å²) in [7, 11) is 0. The largest absolute Gasteiger partial charge is 0.455 e. The summed E-state index contributed by atoms with van der Waals surface area (Å²) in [6.07, 6.45) is 2.47. The summed E-state index contributed by atoms with van der Waals surface area (Å²) >= 11 is 0. The molecule has 0 unspecified atom stereocenters. The van der Waals surface area contributed by atoms with Crippen LogP contribution in [0.25, 0.3) is 0 Å². The van der Waals surface area contributed by atoms with Gasteiger partial charge in [-0.3, -0.25) is 14.9 Å². The van der Waals surface area contributed by atoms with Crippen molar-refractivity contribution in [2.75, 3.05) is 6.61 Å². The third kappa shape index (κ3) is 3.24. The molecule has 0 saturated heterocycles. The van der Waals surface area contributed by atoms with Crippen molar-refractivity contribution in [3.05, 3.63) is 35.6 Å². The van der Waals surface area contributed by atoms with Gasteiger partial charge in [0.15, 0.2) is 6.61 Å². The summed E-state index contributed by atoms with van der Waals surface area (Å²) in [5.41, 5.74) is 4.01. The Morgan fingerprint density at radius 3 is 2.45 bits per heavy atom. The molecule has 1 aliphatic rings. The van der Waals surface area contributed by atoms with Gasteiger partial charge in [0.2, 0.25) is 0 Å². The molecule has 1 aliphatic carbocycles. The lowest BCUT2D eigenvalue weighted by molar-refractivity contribution is -0.154. The number of halogens is 1. The molecule has 0 heterocycles. The van der Waals surface area contributed by atoms with Crippen LogP contribution in [-0.2, 0) is 19.7 Å². The van der Waals surface area contributed by atoms with Crippen LogP contribution in [0.1, 0.15) is 31.2 Å². The van der Waals surface area contributed by atoms with E-state index in [0.29, 0.717) is 12.8 Å². The molecule has 0 aliphatic heterocycles. The number of urea groups is 1. The molecule has 1 saturated carbocycles. The molecule has 2 rings (SSSR count). The van der Waals surface area contributed by atoms with Crippen molar-refractivity contribution >= 4 is 17.9 Å². The summed E-state index contributed by atoms with van der Waals surface area (Å²) in [4.78, 5) is 34.3. The molecule has 0 radical (unpaired) electrons. The summed E-state index contributed by atoms with van der Waals surface area (Å²) < 4.78 is 19.0. The van der Waals surface area contributed by atoms with Crippen LogP contribution in [-0.4, -0.2) is 24.5 Å². The lowest BCUT2D eigenvalue weighted by Crippen LogP contribution is -2.41. The first-order valence-electron chi connectivity index (χ1n) is 6.97. The molecule has 7 heteroatoms. The quantitative estimate of drug-likeness (QED) is 0.821.